The molecule has 2 aliphatic carbocycles. The van der Waals surface area contributed by atoms with E-state index in [1.54, 1.807) is 0 Å². The number of carboxylic acids is 1. The van der Waals surface area contributed by atoms with Crippen molar-refractivity contribution in [1.82, 2.24) is 0 Å². The van der Waals surface area contributed by atoms with E-state index in [9.17, 15) is 9.90 Å². The van der Waals surface area contributed by atoms with Crippen molar-refractivity contribution in [1.29, 1.82) is 0 Å². The van der Waals surface area contributed by atoms with E-state index >= 15 is 0 Å². The molecule has 2 aliphatic rings. The predicted octanol–water partition coefficient (Wildman–Crippen LogP) is 3.69. The number of hydrogen-bond donors (Lipinski definition) is 2. The first kappa shape index (κ1) is 19.1. The summed E-state index contributed by atoms with van der Waals surface area (Å²) in [5.41, 5.74) is 1.38. The number of rotatable bonds is 11. The lowest BCUT2D eigenvalue weighted by Gasteiger charge is -2.19. The summed E-state index contributed by atoms with van der Waals surface area (Å²) in [6.07, 6.45) is 9.55. The maximum atomic E-state index is 10.4. The lowest BCUT2D eigenvalue weighted by Crippen LogP contribution is -2.20. The van der Waals surface area contributed by atoms with E-state index in [2.05, 4.69) is 36.4 Å². The van der Waals surface area contributed by atoms with E-state index in [4.69, 9.17) is 9.84 Å². The number of hydrogen-bond acceptors (Lipinski definition) is 3. The second kappa shape index (κ2) is 9.33. The first-order chi connectivity index (χ1) is 12.7. The molecule has 4 heteroatoms. The number of aryl methyl sites for hydroxylation is 1. The highest BCUT2D eigenvalue weighted by Gasteiger charge is 2.59. The number of benzene rings is 1. The van der Waals surface area contributed by atoms with Crippen LogP contribution in [0.1, 0.15) is 37.7 Å². The molecule has 0 bridgehead atoms. The zero-order chi connectivity index (χ0) is 18.4. The Morgan fingerprint density at radius 3 is 2.81 bits per heavy atom. The van der Waals surface area contributed by atoms with Gasteiger partial charge in [-0.2, -0.15) is 0 Å². The van der Waals surface area contributed by atoms with Crippen LogP contribution in [0.2, 0.25) is 0 Å². The molecule has 3 rings (SSSR count). The number of aliphatic carboxylic acids is 1. The van der Waals surface area contributed by atoms with Gasteiger partial charge in [0.05, 0.1) is 19.1 Å². The second-order valence-corrected chi connectivity index (χ2v) is 7.64. The van der Waals surface area contributed by atoms with Crippen molar-refractivity contribution in [2.24, 2.45) is 23.7 Å². The van der Waals surface area contributed by atoms with Gasteiger partial charge in [0.25, 0.3) is 0 Å². The number of fused-ring (bicyclic) bond motifs is 1. The van der Waals surface area contributed by atoms with Gasteiger partial charge in [-0.15, -0.1) is 0 Å². The van der Waals surface area contributed by atoms with Gasteiger partial charge in [0.15, 0.2) is 0 Å². The number of carboxylic acid groups (broad SMARTS) is 1. The monoisotopic (exact) mass is 358 g/mol. The Morgan fingerprint density at radius 2 is 2.04 bits per heavy atom. The van der Waals surface area contributed by atoms with Crippen molar-refractivity contribution in [3.05, 3.63) is 48.0 Å². The van der Waals surface area contributed by atoms with Gasteiger partial charge in [-0.05, 0) is 61.3 Å². The van der Waals surface area contributed by atoms with Crippen molar-refractivity contribution >= 4 is 5.97 Å². The standard InChI is InChI=1S/C22H30O4/c23-20-15-19-17(10-5-4-9-16-7-2-1-3-8-16)22(19)18(20)11-6-13-26-14-12-21(24)25/h1-3,5,7-8,10,17-20,22-23H,4,6,9,11-15H2,(H,24,25). The minimum Gasteiger partial charge on any atom is -0.481 e. The molecule has 5 unspecified atom stereocenters. The third-order valence-corrected chi connectivity index (χ3v) is 5.88. The van der Waals surface area contributed by atoms with Crippen LogP contribution in [0.15, 0.2) is 42.5 Å². The van der Waals surface area contributed by atoms with Crippen LogP contribution in [-0.4, -0.2) is 35.5 Å². The van der Waals surface area contributed by atoms with Gasteiger partial charge in [0.1, 0.15) is 0 Å². The molecule has 0 amide bonds. The summed E-state index contributed by atoms with van der Waals surface area (Å²) in [5, 5.41) is 18.8. The second-order valence-electron chi connectivity index (χ2n) is 7.64. The van der Waals surface area contributed by atoms with Crippen LogP contribution in [-0.2, 0) is 16.0 Å². The minimum absolute atomic E-state index is 0.0621. The largest absolute Gasteiger partial charge is 0.481 e. The maximum absolute atomic E-state index is 10.4. The number of allylic oxidation sites excluding steroid dienone is 2. The van der Waals surface area contributed by atoms with Gasteiger partial charge in [0, 0.05) is 6.61 Å². The molecule has 1 aromatic rings. The third-order valence-electron chi connectivity index (χ3n) is 5.88. The molecule has 2 N–H and O–H groups in total. The summed E-state index contributed by atoms with van der Waals surface area (Å²) in [6.45, 7) is 0.868. The fourth-order valence-corrected chi connectivity index (χ4v) is 4.54. The Morgan fingerprint density at radius 1 is 1.23 bits per heavy atom. The number of carbonyl (C=O) groups is 1. The maximum Gasteiger partial charge on any atom is 0.305 e. The SMILES string of the molecule is O=C(O)CCOCCCC1C(O)CC2C(C=CCCc3ccccc3)C12. The number of aliphatic hydroxyl groups excluding tert-OH is 1. The molecule has 2 fully saturated rings. The topological polar surface area (TPSA) is 66.8 Å². The van der Waals surface area contributed by atoms with Crippen molar-refractivity contribution in [3.63, 3.8) is 0 Å². The van der Waals surface area contributed by atoms with E-state index < -0.39 is 5.97 Å². The van der Waals surface area contributed by atoms with E-state index in [-0.39, 0.29) is 19.1 Å². The van der Waals surface area contributed by atoms with E-state index in [1.807, 2.05) is 6.07 Å². The Kier molecular flexibility index (Phi) is 6.86. The molecular formula is C22H30O4. The molecular weight excluding hydrogens is 328 g/mol. The molecule has 0 heterocycles. The van der Waals surface area contributed by atoms with Crippen LogP contribution < -0.4 is 0 Å². The van der Waals surface area contributed by atoms with Crippen LogP contribution >= 0.6 is 0 Å². The first-order valence-electron chi connectivity index (χ1n) is 9.85. The Bertz CT molecular complexity index is 597. The quantitative estimate of drug-likeness (QED) is 0.468. The summed E-state index contributed by atoms with van der Waals surface area (Å²) in [5.74, 6) is 1.51. The number of ether oxygens (including phenoxy) is 1. The molecule has 0 aromatic heterocycles. The summed E-state index contributed by atoms with van der Waals surface area (Å²) < 4.78 is 5.36. The molecule has 2 saturated carbocycles. The Balaban J connectivity index is 1.33. The summed E-state index contributed by atoms with van der Waals surface area (Å²) in [4.78, 5) is 10.4. The zero-order valence-corrected chi connectivity index (χ0v) is 15.3. The molecule has 0 aliphatic heterocycles. The summed E-state index contributed by atoms with van der Waals surface area (Å²) in [7, 11) is 0. The van der Waals surface area contributed by atoms with Crippen molar-refractivity contribution in [3.8, 4) is 0 Å². The van der Waals surface area contributed by atoms with Gasteiger partial charge in [0.2, 0.25) is 0 Å². The molecule has 142 valence electrons. The smallest absolute Gasteiger partial charge is 0.305 e. The summed E-state index contributed by atoms with van der Waals surface area (Å²) >= 11 is 0. The zero-order valence-electron chi connectivity index (χ0n) is 15.3. The van der Waals surface area contributed by atoms with Gasteiger partial charge in [-0.3, -0.25) is 4.79 Å². The van der Waals surface area contributed by atoms with Gasteiger partial charge < -0.3 is 14.9 Å². The first-order valence-corrected chi connectivity index (χ1v) is 9.85. The molecule has 26 heavy (non-hydrogen) atoms. The Labute approximate surface area is 155 Å². The van der Waals surface area contributed by atoms with Crippen LogP contribution in [0.5, 0.6) is 0 Å². The van der Waals surface area contributed by atoms with Crippen molar-refractivity contribution in [2.45, 2.75) is 44.6 Å². The third kappa shape index (κ3) is 5.18. The fourth-order valence-electron chi connectivity index (χ4n) is 4.54. The highest BCUT2D eigenvalue weighted by Crippen LogP contribution is 2.62. The molecule has 1 aromatic carbocycles. The molecule has 0 spiro atoms. The minimum atomic E-state index is -0.820. The number of aliphatic hydroxyl groups is 1. The average molecular weight is 358 g/mol. The lowest BCUT2D eigenvalue weighted by atomic mass is 9.92. The van der Waals surface area contributed by atoms with Crippen molar-refractivity contribution in [2.75, 3.05) is 13.2 Å². The van der Waals surface area contributed by atoms with Crippen LogP contribution in [0.4, 0.5) is 0 Å². The van der Waals surface area contributed by atoms with E-state index in [0.29, 0.717) is 30.3 Å². The molecule has 4 nitrogen and oxygen atoms in total. The predicted molar refractivity (Wildman–Crippen MR) is 101 cm³/mol. The van der Waals surface area contributed by atoms with Crippen LogP contribution in [0.3, 0.4) is 0 Å². The van der Waals surface area contributed by atoms with Crippen LogP contribution in [0, 0.1) is 23.7 Å². The molecule has 0 saturated heterocycles. The van der Waals surface area contributed by atoms with Gasteiger partial charge in [-0.1, -0.05) is 42.5 Å². The fraction of sp³-hybridized carbons (Fsp3) is 0.591. The van der Waals surface area contributed by atoms with Gasteiger partial charge in [-0.25, -0.2) is 0 Å². The van der Waals surface area contributed by atoms with Gasteiger partial charge >= 0.3 is 5.97 Å². The van der Waals surface area contributed by atoms with Crippen molar-refractivity contribution < 1.29 is 19.7 Å². The summed E-state index contributed by atoms with van der Waals surface area (Å²) in [6, 6.07) is 10.6. The average Bonchev–Trinajstić information content (AvgIpc) is 3.18. The molecule has 0 radical (unpaired) electrons. The lowest BCUT2D eigenvalue weighted by molar-refractivity contribution is -0.138. The molecule has 5 atom stereocenters. The van der Waals surface area contributed by atoms with E-state index in [0.717, 1.165) is 32.1 Å². The normalized spacial score (nSPS) is 29.8. The van der Waals surface area contributed by atoms with Crippen LogP contribution in [0.25, 0.3) is 0 Å². The van der Waals surface area contributed by atoms with E-state index in [1.165, 1.54) is 5.56 Å². The highest BCUT2D eigenvalue weighted by atomic mass is 16.5. The Hall–Kier alpha value is -1.65. The highest BCUT2D eigenvalue weighted by molar-refractivity contribution is 5.66.